The van der Waals surface area contributed by atoms with Crippen LogP contribution in [0.3, 0.4) is 0 Å². The van der Waals surface area contributed by atoms with Crippen molar-refractivity contribution in [2.45, 2.75) is 0 Å². The first kappa shape index (κ1) is 23.2. The van der Waals surface area contributed by atoms with Crippen LogP contribution in [0.25, 0.3) is 72.0 Å². The van der Waals surface area contributed by atoms with Crippen LogP contribution < -0.4 is 10.9 Å². The smallest absolute Gasteiger partial charge is 0.197 e. The summed E-state index contributed by atoms with van der Waals surface area (Å²) >= 11 is 0. The van der Waals surface area contributed by atoms with Crippen LogP contribution in [0.2, 0.25) is 0 Å². The molecular weight excluding hydrogens is 506 g/mol. The lowest BCUT2D eigenvalue weighted by atomic mass is 9.99. The molecule has 0 saturated heterocycles. The largest absolute Gasteiger partial charge is 0.308 e. The van der Waals surface area contributed by atoms with Gasteiger partial charge in [0.2, 0.25) is 0 Å². The number of fused-ring (bicyclic) bond motifs is 4. The number of benzene rings is 5. The zero-order chi connectivity index (χ0) is 27.5. The molecule has 0 saturated carbocycles. The summed E-state index contributed by atoms with van der Waals surface area (Å²) in [7, 11) is 0. The second kappa shape index (κ2) is 8.93. The van der Waals surface area contributed by atoms with E-state index in [0.29, 0.717) is 38.4 Å². The lowest BCUT2D eigenvalue weighted by Crippen LogP contribution is -2.14. The lowest BCUT2D eigenvalue weighted by molar-refractivity contribution is 1.18. The molecule has 0 unspecified atom stereocenters. The molecule has 0 radical (unpaired) electrons. The minimum Gasteiger partial charge on any atom is -0.308 e. The van der Waals surface area contributed by atoms with Gasteiger partial charge in [0.05, 0.1) is 27.9 Å². The molecule has 0 atom stereocenters. The Morgan fingerprint density at radius 2 is 0.878 bits per heavy atom. The highest BCUT2D eigenvalue weighted by atomic mass is 16.1. The van der Waals surface area contributed by atoms with Crippen molar-refractivity contribution in [3.63, 3.8) is 0 Å². The Morgan fingerprint density at radius 3 is 1.37 bits per heavy atom. The minimum absolute atomic E-state index is 0.121. The number of nitrogens with zero attached hydrogens (tertiary/aromatic N) is 3. The molecule has 3 aromatic heterocycles. The van der Waals surface area contributed by atoms with Crippen LogP contribution in [-0.2, 0) is 0 Å². The number of rotatable bonds is 3. The van der Waals surface area contributed by atoms with Crippen LogP contribution in [-0.4, -0.2) is 14.4 Å². The first-order valence-electron chi connectivity index (χ1n) is 13.4. The Bertz CT molecular complexity index is 2240. The van der Waals surface area contributed by atoms with Gasteiger partial charge in [0.15, 0.2) is 16.7 Å². The predicted molar refractivity (Wildman–Crippen MR) is 166 cm³/mol. The number of pyridine rings is 2. The summed E-state index contributed by atoms with van der Waals surface area (Å²) < 4.78 is 2.04. The normalized spacial score (nSPS) is 11.6. The van der Waals surface area contributed by atoms with E-state index in [9.17, 15) is 9.59 Å². The monoisotopic (exact) mass is 527 g/mol. The van der Waals surface area contributed by atoms with Gasteiger partial charge in [-0.15, -0.1) is 0 Å². The van der Waals surface area contributed by atoms with Crippen LogP contribution in [0, 0.1) is 0 Å². The molecule has 3 heterocycles. The van der Waals surface area contributed by atoms with E-state index in [0.717, 1.165) is 33.5 Å². The fraction of sp³-hybridized carbons (Fsp3) is 0. The lowest BCUT2D eigenvalue weighted by Gasteiger charge is -2.16. The Kier molecular flexibility index (Phi) is 5.06. The third-order valence-electron chi connectivity index (χ3n) is 7.73. The third-order valence-corrected chi connectivity index (χ3v) is 7.73. The predicted octanol–water partition coefficient (Wildman–Crippen LogP) is 7.35. The third kappa shape index (κ3) is 3.56. The Morgan fingerprint density at radius 1 is 0.439 bits per heavy atom. The molecule has 0 bridgehead atoms. The Hall–Kier alpha value is -5.68. The fourth-order valence-corrected chi connectivity index (χ4v) is 5.82. The van der Waals surface area contributed by atoms with Gasteiger partial charge in [-0.1, -0.05) is 84.9 Å². The average Bonchev–Trinajstić information content (AvgIpc) is 3.05. The maximum atomic E-state index is 13.9. The van der Waals surface area contributed by atoms with Crippen molar-refractivity contribution in [1.82, 2.24) is 14.4 Å². The minimum atomic E-state index is -0.121. The van der Waals surface area contributed by atoms with Gasteiger partial charge in [0.1, 0.15) is 0 Å². The van der Waals surface area contributed by atoms with Crippen LogP contribution in [0.1, 0.15) is 0 Å². The fourth-order valence-electron chi connectivity index (χ4n) is 5.82. The molecule has 0 N–H and O–H groups in total. The van der Waals surface area contributed by atoms with Gasteiger partial charge >= 0.3 is 0 Å². The van der Waals surface area contributed by atoms with Crippen molar-refractivity contribution in [3.05, 3.63) is 148 Å². The van der Waals surface area contributed by atoms with Crippen molar-refractivity contribution in [1.29, 1.82) is 0 Å². The number of hydrogen-bond donors (Lipinski definition) is 0. The van der Waals surface area contributed by atoms with Crippen molar-refractivity contribution in [3.8, 4) is 33.9 Å². The van der Waals surface area contributed by atoms with E-state index in [1.54, 1.807) is 0 Å². The zero-order valence-electron chi connectivity index (χ0n) is 21.8. The van der Waals surface area contributed by atoms with Gasteiger partial charge in [-0.3, -0.25) is 9.59 Å². The summed E-state index contributed by atoms with van der Waals surface area (Å²) in [6.45, 7) is 0. The van der Waals surface area contributed by atoms with Crippen molar-refractivity contribution < 1.29 is 0 Å². The summed E-state index contributed by atoms with van der Waals surface area (Å²) in [5.74, 6) is 0.453. The first-order valence-corrected chi connectivity index (χ1v) is 13.4. The quantitative estimate of drug-likeness (QED) is 0.178. The molecular formula is C36H21N3O2. The van der Waals surface area contributed by atoms with Crippen molar-refractivity contribution in [2.24, 2.45) is 0 Å². The summed E-state index contributed by atoms with van der Waals surface area (Å²) in [5.41, 5.74) is 5.96. The SMILES string of the molecule is O=c1c2ccccc2n2c3ccccc3c(=O)c3cc(-c4nc(-c5ccccc5)cc(-c5ccccc5)n4)cc1c32. The number of aromatic nitrogens is 3. The molecule has 41 heavy (non-hydrogen) atoms. The molecule has 192 valence electrons. The first-order chi connectivity index (χ1) is 20.2. The summed E-state index contributed by atoms with van der Waals surface area (Å²) in [6.07, 6.45) is 0. The van der Waals surface area contributed by atoms with E-state index in [1.807, 2.05) is 132 Å². The van der Waals surface area contributed by atoms with E-state index in [4.69, 9.17) is 9.97 Å². The molecule has 5 aromatic carbocycles. The topological polar surface area (TPSA) is 64.3 Å². The molecule has 0 amide bonds. The molecule has 8 aromatic rings. The molecule has 8 rings (SSSR count). The molecule has 5 nitrogen and oxygen atoms in total. The Labute approximate surface area is 234 Å². The van der Waals surface area contributed by atoms with Gasteiger partial charge in [-0.25, -0.2) is 9.97 Å². The highest BCUT2D eigenvalue weighted by molar-refractivity contribution is 6.09. The van der Waals surface area contributed by atoms with Gasteiger partial charge in [-0.05, 0) is 42.5 Å². The average molecular weight is 528 g/mol. The molecule has 0 aliphatic carbocycles. The molecule has 0 spiro atoms. The van der Waals surface area contributed by atoms with Crippen molar-refractivity contribution in [2.75, 3.05) is 0 Å². The van der Waals surface area contributed by atoms with E-state index in [1.165, 1.54) is 0 Å². The van der Waals surface area contributed by atoms with Crippen molar-refractivity contribution >= 4 is 38.1 Å². The molecule has 0 aliphatic heterocycles. The van der Waals surface area contributed by atoms with Gasteiger partial charge < -0.3 is 4.40 Å². The second-order valence-electron chi connectivity index (χ2n) is 10.1. The highest BCUT2D eigenvalue weighted by Crippen LogP contribution is 2.32. The molecule has 0 fully saturated rings. The zero-order valence-corrected chi connectivity index (χ0v) is 21.8. The van der Waals surface area contributed by atoms with E-state index in [2.05, 4.69) is 0 Å². The Balaban J connectivity index is 1.52. The van der Waals surface area contributed by atoms with Crippen LogP contribution in [0.15, 0.2) is 137 Å². The highest BCUT2D eigenvalue weighted by Gasteiger charge is 2.20. The standard InChI is InChI=1S/C36H21N3O2/c40-34-25-15-7-9-17-31(25)39-32-18-10-8-16-26(32)35(41)28-20-24(19-27(34)33(28)39)36-37-29(22-11-3-1-4-12-22)21-30(38-36)23-13-5-2-6-14-23/h1-21H. The van der Waals surface area contributed by atoms with Gasteiger partial charge in [0.25, 0.3) is 0 Å². The maximum Gasteiger partial charge on any atom is 0.197 e. The number of hydrogen-bond acceptors (Lipinski definition) is 4. The number of para-hydroxylation sites is 2. The summed E-state index contributed by atoms with van der Waals surface area (Å²) in [5, 5.41) is 2.12. The van der Waals surface area contributed by atoms with Crippen LogP contribution in [0.5, 0.6) is 0 Å². The van der Waals surface area contributed by atoms with E-state index in [-0.39, 0.29) is 10.9 Å². The van der Waals surface area contributed by atoms with Gasteiger partial charge in [-0.2, -0.15) is 0 Å². The summed E-state index contributed by atoms with van der Waals surface area (Å²) in [4.78, 5) is 37.8. The van der Waals surface area contributed by atoms with Crippen LogP contribution >= 0.6 is 0 Å². The van der Waals surface area contributed by atoms with E-state index >= 15 is 0 Å². The van der Waals surface area contributed by atoms with Crippen LogP contribution in [0.4, 0.5) is 0 Å². The molecule has 5 heteroatoms. The van der Waals surface area contributed by atoms with Gasteiger partial charge in [0, 0.05) is 38.2 Å². The summed E-state index contributed by atoms with van der Waals surface area (Å²) in [6, 6.07) is 40.6. The maximum absolute atomic E-state index is 13.9. The second-order valence-corrected chi connectivity index (χ2v) is 10.1. The molecule has 0 aliphatic rings. The van der Waals surface area contributed by atoms with E-state index < -0.39 is 0 Å².